The molecule has 1 amide bonds. The van der Waals surface area contributed by atoms with Crippen molar-refractivity contribution in [1.82, 2.24) is 15.1 Å². The van der Waals surface area contributed by atoms with Crippen molar-refractivity contribution in [3.63, 3.8) is 0 Å². The fourth-order valence-electron chi connectivity index (χ4n) is 5.06. The number of fused-ring (bicyclic) bond motifs is 1. The van der Waals surface area contributed by atoms with E-state index < -0.39 is 6.04 Å². The molecule has 3 aromatic carbocycles. The number of H-pyrrole nitrogens is 1. The van der Waals surface area contributed by atoms with E-state index in [1.807, 2.05) is 80.3 Å². The zero-order valence-corrected chi connectivity index (χ0v) is 20.8. The number of carbonyl (C=O) groups excluding carboxylic acids is 1. The highest BCUT2D eigenvalue weighted by Gasteiger charge is 2.43. The summed E-state index contributed by atoms with van der Waals surface area (Å²) in [5, 5.41) is 18.4. The summed E-state index contributed by atoms with van der Waals surface area (Å²) in [5.74, 6) is 1.23. The van der Waals surface area contributed by atoms with Crippen LogP contribution >= 0.6 is 0 Å². The molecule has 2 N–H and O–H groups in total. The Balaban J connectivity index is 1.70. The second kappa shape index (κ2) is 9.41. The van der Waals surface area contributed by atoms with Gasteiger partial charge < -0.3 is 19.5 Å². The summed E-state index contributed by atoms with van der Waals surface area (Å²) in [6.07, 6.45) is 0. The highest BCUT2D eigenvalue weighted by molar-refractivity contribution is 6.00. The van der Waals surface area contributed by atoms with Gasteiger partial charge in [0.2, 0.25) is 0 Å². The maximum absolute atomic E-state index is 13.7. The van der Waals surface area contributed by atoms with E-state index >= 15 is 0 Å². The smallest absolute Gasteiger partial charge is 0.273 e. The van der Waals surface area contributed by atoms with Crippen LogP contribution in [0.1, 0.15) is 51.3 Å². The van der Waals surface area contributed by atoms with Gasteiger partial charge in [-0.3, -0.25) is 9.89 Å². The molecule has 1 aliphatic heterocycles. The largest absolute Gasteiger partial charge is 0.507 e. The number of benzene rings is 3. The first-order chi connectivity index (χ1) is 17.4. The lowest BCUT2D eigenvalue weighted by molar-refractivity contribution is 0.0730. The predicted octanol–water partition coefficient (Wildman–Crippen LogP) is 5.55. The van der Waals surface area contributed by atoms with E-state index in [9.17, 15) is 9.90 Å². The number of nitrogens with zero attached hydrogens (tertiary/aromatic N) is 2. The molecular weight excluding hydrogens is 454 g/mol. The second-order valence-electron chi connectivity index (χ2n) is 9.00. The van der Waals surface area contributed by atoms with Crippen LogP contribution in [0.5, 0.6) is 17.2 Å². The van der Waals surface area contributed by atoms with Gasteiger partial charge >= 0.3 is 0 Å². The van der Waals surface area contributed by atoms with Crippen molar-refractivity contribution in [2.24, 2.45) is 0 Å². The number of ether oxygens (including phenoxy) is 2. The molecule has 1 aliphatic rings. The van der Waals surface area contributed by atoms with Crippen LogP contribution in [0.25, 0.3) is 11.3 Å². The van der Waals surface area contributed by atoms with E-state index in [4.69, 9.17) is 9.47 Å². The lowest BCUT2D eigenvalue weighted by Gasteiger charge is -2.27. The minimum atomic E-state index is -0.439. The number of phenolic OH excluding ortho intramolecular Hbond substituents is 1. The molecular formula is C29H29N3O4. The van der Waals surface area contributed by atoms with Crippen molar-refractivity contribution < 1.29 is 19.4 Å². The van der Waals surface area contributed by atoms with Gasteiger partial charge in [0.1, 0.15) is 17.1 Å². The van der Waals surface area contributed by atoms with Gasteiger partial charge in [-0.25, -0.2) is 0 Å². The van der Waals surface area contributed by atoms with Crippen molar-refractivity contribution in [3.05, 3.63) is 94.2 Å². The average Bonchev–Trinajstić information content (AvgIpc) is 3.39. The van der Waals surface area contributed by atoms with Crippen molar-refractivity contribution in [2.45, 2.75) is 33.4 Å². The molecule has 7 nitrogen and oxygen atoms in total. The van der Waals surface area contributed by atoms with E-state index in [1.54, 1.807) is 13.2 Å². The monoisotopic (exact) mass is 483 g/mol. The van der Waals surface area contributed by atoms with E-state index in [0.29, 0.717) is 41.6 Å². The number of hydrogen-bond acceptors (Lipinski definition) is 5. The topological polar surface area (TPSA) is 87.7 Å². The number of hydrogen-bond donors (Lipinski definition) is 2. The Morgan fingerprint density at radius 2 is 1.83 bits per heavy atom. The molecule has 1 aromatic heterocycles. The van der Waals surface area contributed by atoms with Gasteiger partial charge in [-0.2, -0.15) is 5.10 Å². The number of aromatic nitrogens is 2. The van der Waals surface area contributed by atoms with E-state index in [2.05, 4.69) is 10.2 Å². The third kappa shape index (κ3) is 3.96. The van der Waals surface area contributed by atoms with E-state index in [-0.39, 0.29) is 11.7 Å². The quantitative estimate of drug-likeness (QED) is 0.360. The number of rotatable bonds is 7. The maximum atomic E-state index is 13.7. The molecule has 0 fully saturated rings. The number of aromatic hydroxyl groups is 1. The number of methoxy groups -OCH3 is 1. The minimum absolute atomic E-state index is 0.138. The fourth-order valence-corrected chi connectivity index (χ4v) is 5.06. The molecule has 1 unspecified atom stereocenters. The average molecular weight is 484 g/mol. The van der Waals surface area contributed by atoms with Gasteiger partial charge in [0.05, 0.1) is 19.8 Å². The zero-order valence-electron chi connectivity index (χ0n) is 20.8. The summed E-state index contributed by atoms with van der Waals surface area (Å²) in [7, 11) is 1.60. The second-order valence-corrected chi connectivity index (χ2v) is 9.00. The standard InChI is InChI=1S/C29H29N3O4/c1-5-36-22-12-11-20(15-23(22)35-4)28-25-26(24-18(3)13-17(2)14-21(24)33)30-31-27(25)29(34)32(28)16-19-9-7-6-8-10-19/h6-15,28,33H,5,16H2,1-4H3,(H,30,31). The van der Waals surface area contributed by atoms with E-state index in [1.165, 1.54) is 0 Å². The molecule has 0 saturated heterocycles. The van der Waals surface area contributed by atoms with Gasteiger partial charge in [0.25, 0.3) is 5.91 Å². The summed E-state index contributed by atoms with van der Waals surface area (Å²) in [6.45, 7) is 6.73. The Bertz CT molecular complexity index is 1400. The SMILES string of the molecule is CCOc1ccc(C2c3c(-c4c(C)cc(C)cc4O)n[nH]c3C(=O)N2Cc2ccccc2)cc1OC. The Kier molecular flexibility index (Phi) is 6.14. The first-order valence-corrected chi connectivity index (χ1v) is 12.0. The lowest BCUT2D eigenvalue weighted by atomic mass is 9.93. The van der Waals surface area contributed by atoms with Crippen molar-refractivity contribution >= 4 is 5.91 Å². The van der Waals surface area contributed by atoms with Crippen LogP contribution < -0.4 is 9.47 Å². The maximum Gasteiger partial charge on any atom is 0.273 e. The summed E-state index contributed by atoms with van der Waals surface area (Å²) in [6, 6.07) is 18.9. The van der Waals surface area contributed by atoms with Gasteiger partial charge in [-0.1, -0.05) is 42.5 Å². The Morgan fingerprint density at radius 1 is 1.06 bits per heavy atom. The third-order valence-corrected chi connectivity index (χ3v) is 6.56. The van der Waals surface area contributed by atoms with Crippen LogP contribution in [0.3, 0.4) is 0 Å². The number of nitrogens with one attached hydrogen (secondary N) is 1. The van der Waals surface area contributed by atoms with Crippen LogP contribution in [-0.2, 0) is 6.54 Å². The Labute approximate surface area is 210 Å². The Hall–Kier alpha value is -4.26. The molecule has 184 valence electrons. The van der Waals surface area contributed by atoms with Crippen LogP contribution in [0.4, 0.5) is 0 Å². The number of phenols is 1. The van der Waals surface area contributed by atoms with Gasteiger partial charge in [0.15, 0.2) is 11.5 Å². The number of carbonyl (C=O) groups is 1. The molecule has 5 rings (SSSR count). The lowest BCUT2D eigenvalue weighted by Crippen LogP contribution is -2.29. The van der Waals surface area contributed by atoms with Crippen molar-refractivity contribution in [2.75, 3.05) is 13.7 Å². The number of amides is 1. The third-order valence-electron chi connectivity index (χ3n) is 6.56. The first kappa shape index (κ1) is 23.5. The molecule has 36 heavy (non-hydrogen) atoms. The van der Waals surface area contributed by atoms with Crippen LogP contribution in [0.2, 0.25) is 0 Å². The summed E-state index contributed by atoms with van der Waals surface area (Å²) in [5.41, 5.74) is 6.09. The van der Waals surface area contributed by atoms with E-state index in [0.717, 1.165) is 27.8 Å². The van der Waals surface area contributed by atoms with Gasteiger partial charge in [-0.15, -0.1) is 0 Å². The normalized spacial score (nSPS) is 14.7. The molecule has 0 bridgehead atoms. The fraction of sp³-hybridized carbons (Fsp3) is 0.241. The van der Waals surface area contributed by atoms with Gasteiger partial charge in [-0.05, 0) is 61.2 Å². The van der Waals surface area contributed by atoms with Crippen molar-refractivity contribution in [3.8, 4) is 28.5 Å². The zero-order chi connectivity index (χ0) is 25.4. The van der Waals surface area contributed by atoms with Crippen LogP contribution in [0, 0.1) is 13.8 Å². The highest BCUT2D eigenvalue weighted by atomic mass is 16.5. The molecule has 0 radical (unpaired) electrons. The number of aromatic amines is 1. The Morgan fingerprint density at radius 3 is 2.53 bits per heavy atom. The predicted molar refractivity (Wildman–Crippen MR) is 137 cm³/mol. The van der Waals surface area contributed by atoms with Crippen molar-refractivity contribution in [1.29, 1.82) is 0 Å². The first-order valence-electron chi connectivity index (χ1n) is 12.0. The molecule has 2 heterocycles. The summed E-state index contributed by atoms with van der Waals surface area (Å²) < 4.78 is 11.3. The molecule has 7 heteroatoms. The summed E-state index contributed by atoms with van der Waals surface area (Å²) in [4.78, 5) is 15.5. The molecule has 0 spiro atoms. The minimum Gasteiger partial charge on any atom is -0.507 e. The molecule has 0 saturated carbocycles. The highest BCUT2D eigenvalue weighted by Crippen LogP contribution is 2.47. The summed E-state index contributed by atoms with van der Waals surface area (Å²) >= 11 is 0. The number of aryl methyl sites for hydroxylation is 2. The molecule has 0 aliphatic carbocycles. The molecule has 4 aromatic rings. The van der Waals surface area contributed by atoms with Gasteiger partial charge in [0, 0.05) is 17.7 Å². The van der Waals surface area contributed by atoms with Crippen LogP contribution in [-0.4, -0.2) is 39.8 Å². The molecule has 1 atom stereocenters. The van der Waals surface area contributed by atoms with Crippen LogP contribution in [0.15, 0.2) is 60.7 Å².